The molecule has 17 heavy (non-hydrogen) atoms. The zero-order valence-electron chi connectivity index (χ0n) is 10.5. The predicted molar refractivity (Wildman–Crippen MR) is 63.1 cm³/mol. The maximum absolute atomic E-state index is 12.2. The molecule has 0 heterocycles. The van der Waals surface area contributed by atoms with Gasteiger partial charge in [-0.15, -0.1) is 0 Å². The van der Waals surface area contributed by atoms with Crippen LogP contribution >= 0.6 is 0 Å². The maximum Gasteiger partial charge on any atom is 0.251 e. The van der Waals surface area contributed by atoms with E-state index in [9.17, 15) is 17.2 Å². The van der Waals surface area contributed by atoms with Crippen LogP contribution in [-0.4, -0.2) is 61.6 Å². The van der Waals surface area contributed by atoms with Gasteiger partial charge in [-0.3, -0.25) is 4.90 Å². The highest BCUT2D eigenvalue weighted by Gasteiger charge is 2.29. The molecule has 0 atom stereocenters. The van der Waals surface area contributed by atoms with E-state index < -0.39 is 27.6 Å². The van der Waals surface area contributed by atoms with Crippen molar-refractivity contribution in [3.05, 3.63) is 0 Å². The summed E-state index contributed by atoms with van der Waals surface area (Å²) < 4.78 is 47.0. The van der Waals surface area contributed by atoms with E-state index in [1.54, 1.807) is 20.8 Å². The molecule has 0 radical (unpaired) electrons. The SMILES string of the molecule is CC(C)(C)S(=O)(=O)CCN(CCO)CC(F)F. The molecular formula is C10H21F2NO3S. The first-order valence-electron chi connectivity index (χ1n) is 5.44. The third-order valence-electron chi connectivity index (χ3n) is 2.42. The van der Waals surface area contributed by atoms with Crippen molar-refractivity contribution in [3.8, 4) is 0 Å². The Morgan fingerprint density at radius 3 is 2.12 bits per heavy atom. The van der Waals surface area contributed by atoms with Gasteiger partial charge in [0.15, 0.2) is 9.84 Å². The van der Waals surface area contributed by atoms with Crippen LogP contribution < -0.4 is 0 Å². The van der Waals surface area contributed by atoms with E-state index in [4.69, 9.17) is 5.11 Å². The first-order chi connectivity index (χ1) is 7.60. The molecular weight excluding hydrogens is 252 g/mol. The van der Waals surface area contributed by atoms with Crippen LogP contribution in [0.2, 0.25) is 0 Å². The number of nitrogens with zero attached hydrogens (tertiary/aromatic N) is 1. The van der Waals surface area contributed by atoms with Gasteiger partial charge < -0.3 is 5.11 Å². The molecule has 0 aromatic heterocycles. The Morgan fingerprint density at radius 2 is 1.76 bits per heavy atom. The van der Waals surface area contributed by atoms with Crippen LogP contribution in [0.1, 0.15) is 20.8 Å². The summed E-state index contributed by atoms with van der Waals surface area (Å²) in [6.45, 7) is 4.03. The molecule has 0 aliphatic rings. The molecule has 0 bridgehead atoms. The minimum atomic E-state index is -3.32. The molecule has 1 N–H and O–H groups in total. The lowest BCUT2D eigenvalue weighted by molar-refractivity contribution is 0.0815. The summed E-state index contributed by atoms with van der Waals surface area (Å²) in [5, 5.41) is 8.70. The monoisotopic (exact) mass is 273 g/mol. The average molecular weight is 273 g/mol. The fourth-order valence-corrected chi connectivity index (χ4v) is 2.30. The fraction of sp³-hybridized carbons (Fsp3) is 1.00. The highest BCUT2D eigenvalue weighted by atomic mass is 32.2. The number of aliphatic hydroxyl groups is 1. The number of alkyl halides is 2. The Bertz CT molecular complexity index is 312. The third-order valence-corrected chi connectivity index (χ3v) is 5.01. The summed E-state index contributed by atoms with van der Waals surface area (Å²) in [7, 11) is -3.32. The molecule has 0 amide bonds. The topological polar surface area (TPSA) is 57.6 Å². The summed E-state index contributed by atoms with van der Waals surface area (Å²) >= 11 is 0. The molecule has 4 nitrogen and oxygen atoms in total. The molecule has 0 aliphatic heterocycles. The van der Waals surface area contributed by atoms with Gasteiger partial charge in [0.05, 0.1) is 23.7 Å². The average Bonchev–Trinajstić information content (AvgIpc) is 2.12. The molecule has 0 fully saturated rings. The number of halogens is 2. The number of rotatable bonds is 7. The Hall–Kier alpha value is -0.270. The largest absolute Gasteiger partial charge is 0.395 e. The highest BCUT2D eigenvalue weighted by molar-refractivity contribution is 7.92. The van der Waals surface area contributed by atoms with Gasteiger partial charge in [0.2, 0.25) is 0 Å². The molecule has 0 aromatic carbocycles. The van der Waals surface area contributed by atoms with Gasteiger partial charge >= 0.3 is 0 Å². The van der Waals surface area contributed by atoms with Crippen LogP contribution in [0.5, 0.6) is 0 Å². The molecule has 0 unspecified atom stereocenters. The van der Waals surface area contributed by atoms with Crippen molar-refractivity contribution in [1.82, 2.24) is 4.90 Å². The summed E-state index contributed by atoms with van der Waals surface area (Å²) in [6.07, 6.45) is -2.53. The van der Waals surface area contributed by atoms with Crippen molar-refractivity contribution in [1.29, 1.82) is 0 Å². The summed E-state index contributed by atoms with van der Waals surface area (Å²) in [5.74, 6) is -0.177. The standard InChI is InChI=1S/C10H21F2NO3S/c1-10(2,3)17(15,16)7-5-13(4-6-14)8-9(11)12/h9,14H,4-8H2,1-3H3. The lowest BCUT2D eigenvalue weighted by atomic mass is 10.3. The molecule has 0 aromatic rings. The summed E-state index contributed by atoms with van der Waals surface area (Å²) in [5.41, 5.74) is 0. The smallest absolute Gasteiger partial charge is 0.251 e. The Balaban J connectivity index is 4.40. The van der Waals surface area contributed by atoms with Crippen LogP contribution in [0.15, 0.2) is 0 Å². The quantitative estimate of drug-likeness (QED) is 0.744. The van der Waals surface area contributed by atoms with Crippen LogP contribution in [0.4, 0.5) is 8.78 Å². The maximum atomic E-state index is 12.2. The van der Waals surface area contributed by atoms with E-state index in [0.717, 1.165) is 0 Å². The van der Waals surface area contributed by atoms with E-state index in [0.29, 0.717) is 0 Å². The van der Waals surface area contributed by atoms with E-state index >= 15 is 0 Å². The zero-order chi connectivity index (χ0) is 13.7. The Labute approximate surface area is 102 Å². The number of aliphatic hydroxyl groups excluding tert-OH is 1. The van der Waals surface area contributed by atoms with Crippen LogP contribution in [0.25, 0.3) is 0 Å². The van der Waals surface area contributed by atoms with Crippen LogP contribution in [0.3, 0.4) is 0 Å². The zero-order valence-corrected chi connectivity index (χ0v) is 11.3. The highest BCUT2D eigenvalue weighted by Crippen LogP contribution is 2.16. The van der Waals surface area contributed by atoms with Gasteiger partial charge in [-0.2, -0.15) is 0 Å². The van der Waals surface area contributed by atoms with Gasteiger partial charge in [-0.25, -0.2) is 17.2 Å². The third kappa shape index (κ3) is 6.28. The lowest BCUT2D eigenvalue weighted by Gasteiger charge is -2.24. The van der Waals surface area contributed by atoms with Crippen molar-refractivity contribution >= 4 is 9.84 Å². The minimum absolute atomic E-state index is 0.0184. The fourth-order valence-electron chi connectivity index (χ4n) is 1.19. The minimum Gasteiger partial charge on any atom is -0.395 e. The molecule has 0 spiro atoms. The second-order valence-electron chi connectivity index (χ2n) is 4.85. The lowest BCUT2D eigenvalue weighted by Crippen LogP contribution is -2.39. The Morgan fingerprint density at radius 1 is 1.24 bits per heavy atom. The molecule has 0 saturated heterocycles. The number of hydrogen-bond acceptors (Lipinski definition) is 4. The first-order valence-corrected chi connectivity index (χ1v) is 7.09. The van der Waals surface area contributed by atoms with E-state index in [-0.39, 0.29) is 25.4 Å². The predicted octanol–water partition coefficient (Wildman–Crippen LogP) is 0.759. The normalized spacial score (nSPS) is 13.6. The van der Waals surface area contributed by atoms with Crippen molar-refractivity contribution in [3.63, 3.8) is 0 Å². The molecule has 0 aliphatic carbocycles. The Kier molecular flexibility index (Phi) is 6.50. The van der Waals surface area contributed by atoms with E-state index in [1.807, 2.05) is 0 Å². The van der Waals surface area contributed by atoms with Crippen LogP contribution in [-0.2, 0) is 9.84 Å². The second kappa shape index (κ2) is 6.61. The number of hydrogen-bond donors (Lipinski definition) is 1. The molecule has 104 valence electrons. The van der Waals surface area contributed by atoms with E-state index in [2.05, 4.69) is 0 Å². The van der Waals surface area contributed by atoms with Crippen molar-refractivity contribution in [2.45, 2.75) is 31.9 Å². The van der Waals surface area contributed by atoms with Gasteiger partial charge in [-0.05, 0) is 20.8 Å². The molecule has 0 rings (SSSR count). The van der Waals surface area contributed by atoms with Gasteiger partial charge in [-0.1, -0.05) is 0 Å². The summed E-state index contributed by atoms with van der Waals surface area (Å²) in [6, 6.07) is 0. The van der Waals surface area contributed by atoms with Gasteiger partial charge in [0, 0.05) is 13.1 Å². The van der Waals surface area contributed by atoms with Crippen molar-refractivity contribution in [2.24, 2.45) is 0 Å². The second-order valence-corrected chi connectivity index (χ2v) is 7.71. The van der Waals surface area contributed by atoms with Gasteiger partial charge in [0.25, 0.3) is 6.43 Å². The van der Waals surface area contributed by atoms with Gasteiger partial charge in [0.1, 0.15) is 0 Å². The number of sulfone groups is 1. The molecule has 7 heteroatoms. The summed E-state index contributed by atoms with van der Waals surface area (Å²) in [4.78, 5) is 1.26. The van der Waals surface area contributed by atoms with Crippen LogP contribution in [0, 0.1) is 0 Å². The van der Waals surface area contributed by atoms with E-state index in [1.165, 1.54) is 4.90 Å². The molecule has 0 saturated carbocycles. The first kappa shape index (κ1) is 16.7. The van der Waals surface area contributed by atoms with Crippen molar-refractivity contribution in [2.75, 3.05) is 32.0 Å². The van der Waals surface area contributed by atoms with Crippen molar-refractivity contribution < 1.29 is 22.3 Å².